The summed E-state index contributed by atoms with van der Waals surface area (Å²) in [7, 11) is 0. The molecule has 0 aliphatic carbocycles. The minimum Gasteiger partial charge on any atom is -0.508 e. The monoisotopic (exact) mass is 341 g/mol. The number of phenols is 1. The second-order valence-electron chi connectivity index (χ2n) is 6.84. The van der Waals surface area contributed by atoms with Crippen molar-refractivity contribution in [2.24, 2.45) is 0 Å². The van der Waals surface area contributed by atoms with Gasteiger partial charge in [0.15, 0.2) is 5.69 Å². The highest BCUT2D eigenvalue weighted by Gasteiger charge is 2.28. The third kappa shape index (κ3) is 4.03. The lowest BCUT2D eigenvalue weighted by Gasteiger charge is -2.35. The van der Waals surface area contributed by atoms with Crippen LogP contribution in [-0.2, 0) is 13.0 Å². The molecule has 2 heterocycles. The van der Waals surface area contributed by atoms with Crippen LogP contribution in [0.1, 0.15) is 54.4 Å². The van der Waals surface area contributed by atoms with E-state index in [-0.39, 0.29) is 11.9 Å². The Labute approximate surface area is 149 Å². The van der Waals surface area contributed by atoms with E-state index in [0.29, 0.717) is 11.4 Å². The van der Waals surface area contributed by atoms with E-state index in [9.17, 15) is 9.90 Å². The van der Waals surface area contributed by atoms with Crippen LogP contribution in [0.4, 0.5) is 0 Å². The van der Waals surface area contributed by atoms with Gasteiger partial charge in [-0.2, -0.15) is 5.10 Å². The van der Waals surface area contributed by atoms with E-state index in [1.807, 2.05) is 41.6 Å². The zero-order chi connectivity index (χ0) is 17.8. The van der Waals surface area contributed by atoms with Crippen LogP contribution in [0.25, 0.3) is 0 Å². The van der Waals surface area contributed by atoms with Crippen molar-refractivity contribution in [2.45, 2.75) is 58.5 Å². The van der Waals surface area contributed by atoms with Crippen molar-refractivity contribution in [3.8, 4) is 5.75 Å². The fourth-order valence-corrected chi connectivity index (χ4v) is 3.65. The Morgan fingerprint density at radius 1 is 1.28 bits per heavy atom. The molecular formula is C20H27N3O2. The number of aryl methyl sites for hydroxylation is 3. The van der Waals surface area contributed by atoms with Crippen LogP contribution < -0.4 is 0 Å². The number of carbonyl (C=O) groups is 1. The second-order valence-corrected chi connectivity index (χ2v) is 6.84. The van der Waals surface area contributed by atoms with Gasteiger partial charge in [0.1, 0.15) is 5.75 Å². The first-order valence-electron chi connectivity index (χ1n) is 9.22. The number of benzene rings is 1. The number of phenolic OH excluding ortho intramolecular Hbond substituents is 1. The molecule has 3 rings (SSSR count). The number of aromatic nitrogens is 2. The molecular weight excluding hydrogens is 314 g/mol. The fourth-order valence-electron chi connectivity index (χ4n) is 3.65. The van der Waals surface area contributed by atoms with E-state index >= 15 is 0 Å². The van der Waals surface area contributed by atoms with Gasteiger partial charge < -0.3 is 10.0 Å². The Bertz CT molecular complexity index is 721. The van der Waals surface area contributed by atoms with Crippen LogP contribution in [-0.4, -0.2) is 38.3 Å². The van der Waals surface area contributed by atoms with Crippen molar-refractivity contribution >= 4 is 5.91 Å². The first-order chi connectivity index (χ1) is 12.1. The standard InChI is InChI=1S/C20H27N3O2/c1-3-23-15(2)14-19(21-23)20(25)22-13-5-4-6-17(22)10-7-16-8-11-18(24)12-9-16/h8-9,11-12,14,17,24H,3-7,10,13H2,1-2H3. The molecule has 1 aliphatic heterocycles. The van der Waals surface area contributed by atoms with Crippen molar-refractivity contribution in [2.75, 3.05) is 6.54 Å². The van der Waals surface area contributed by atoms with Crippen molar-refractivity contribution in [1.82, 2.24) is 14.7 Å². The lowest BCUT2D eigenvalue weighted by atomic mass is 9.95. The Kier molecular flexibility index (Phi) is 5.41. The van der Waals surface area contributed by atoms with Gasteiger partial charge in [-0.25, -0.2) is 0 Å². The van der Waals surface area contributed by atoms with Gasteiger partial charge in [-0.1, -0.05) is 12.1 Å². The summed E-state index contributed by atoms with van der Waals surface area (Å²) >= 11 is 0. The largest absolute Gasteiger partial charge is 0.508 e. The Balaban J connectivity index is 1.69. The third-order valence-electron chi connectivity index (χ3n) is 5.09. The van der Waals surface area contributed by atoms with E-state index in [1.165, 1.54) is 12.0 Å². The van der Waals surface area contributed by atoms with Gasteiger partial charge in [0.2, 0.25) is 0 Å². The Morgan fingerprint density at radius 2 is 2.04 bits per heavy atom. The highest BCUT2D eigenvalue weighted by molar-refractivity contribution is 5.92. The number of carbonyl (C=O) groups excluding carboxylic acids is 1. The second kappa shape index (κ2) is 7.72. The van der Waals surface area contributed by atoms with E-state index in [2.05, 4.69) is 5.10 Å². The molecule has 1 saturated heterocycles. The molecule has 1 N–H and O–H groups in total. The zero-order valence-corrected chi connectivity index (χ0v) is 15.1. The van der Waals surface area contributed by atoms with E-state index in [4.69, 9.17) is 0 Å². The van der Waals surface area contributed by atoms with Crippen LogP contribution in [0.3, 0.4) is 0 Å². The summed E-state index contributed by atoms with van der Waals surface area (Å²) < 4.78 is 1.88. The summed E-state index contributed by atoms with van der Waals surface area (Å²) in [4.78, 5) is 15.0. The van der Waals surface area contributed by atoms with Crippen LogP contribution in [0, 0.1) is 6.92 Å². The first-order valence-corrected chi connectivity index (χ1v) is 9.22. The van der Waals surface area contributed by atoms with Crippen molar-refractivity contribution in [1.29, 1.82) is 0 Å². The third-order valence-corrected chi connectivity index (χ3v) is 5.09. The molecule has 1 fully saturated rings. The molecule has 5 heteroatoms. The maximum absolute atomic E-state index is 13.0. The quantitative estimate of drug-likeness (QED) is 0.905. The molecule has 5 nitrogen and oxygen atoms in total. The normalized spacial score (nSPS) is 17.7. The van der Waals surface area contributed by atoms with Gasteiger partial charge in [0.05, 0.1) is 0 Å². The van der Waals surface area contributed by atoms with Crippen LogP contribution in [0.5, 0.6) is 5.75 Å². The predicted octanol–water partition coefficient (Wildman–Crippen LogP) is 3.54. The first kappa shape index (κ1) is 17.5. The number of hydrogen-bond acceptors (Lipinski definition) is 3. The van der Waals surface area contributed by atoms with E-state index < -0.39 is 0 Å². The summed E-state index contributed by atoms with van der Waals surface area (Å²) in [5, 5.41) is 13.9. The number of rotatable bonds is 5. The zero-order valence-electron chi connectivity index (χ0n) is 15.1. The van der Waals surface area contributed by atoms with Gasteiger partial charge in [0, 0.05) is 24.8 Å². The Morgan fingerprint density at radius 3 is 2.72 bits per heavy atom. The molecule has 1 aromatic heterocycles. The maximum Gasteiger partial charge on any atom is 0.274 e. The number of likely N-dealkylation sites (tertiary alicyclic amines) is 1. The highest BCUT2D eigenvalue weighted by Crippen LogP contribution is 2.24. The number of nitrogens with zero attached hydrogens (tertiary/aromatic N) is 3. The lowest BCUT2D eigenvalue weighted by molar-refractivity contribution is 0.0595. The number of piperidine rings is 1. The number of amides is 1. The van der Waals surface area contributed by atoms with Gasteiger partial charge in [-0.05, 0) is 69.7 Å². The smallest absolute Gasteiger partial charge is 0.274 e. The summed E-state index contributed by atoms with van der Waals surface area (Å²) in [6.07, 6.45) is 5.15. The van der Waals surface area contributed by atoms with Crippen molar-refractivity contribution in [3.63, 3.8) is 0 Å². The SMILES string of the molecule is CCn1nc(C(=O)N2CCCCC2CCc2ccc(O)cc2)cc1C. The summed E-state index contributed by atoms with van der Waals surface area (Å²) in [5.41, 5.74) is 2.79. The molecule has 134 valence electrons. The summed E-state index contributed by atoms with van der Waals surface area (Å²) in [5.74, 6) is 0.353. The summed E-state index contributed by atoms with van der Waals surface area (Å²) in [6.45, 7) is 5.63. The highest BCUT2D eigenvalue weighted by atomic mass is 16.3. The van der Waals surface area contributed by atoms with Crippen LogP contribution in [0.15, 0.2) is 30.3 Å². The lowest BCUT2D eigenvalue weighted by Crippen LogP contribution is -2.44. The molecule has 2 aromatic rings. The molecule has 1 unspecified atom stereocenters. The average Bonchev–Trinajstić information content (AvgIpc) is 3.02. The molecule has 25 heavy (non-hydrogen) atoms. The molecule has 1 aromatic carbocycles. The minimum atomic E-state index is 0.0608. The molecule has 0 radical (unpaired) electrons. The van der Waals surface area contributed by atoms with Crippen LogP contribution >= 0.6 is 0 Å². The molecule has 0 bridgehead atoms. The molecule has 1 atom stereocenters. The average molecular weight is 341 g/mol. The van der Waals surface area contributed by atoms with Crippen molar-refractivity contribution < 1.29 is 9.90 Å². The van der Waals surface area contributed by atoms with E-state index in [0.717, 1.165) is 44.5 Å². The predicted molar refractivity (Wildman–Crippen MR) is 97.7 cm³/mol. The Hall–Kier alpha value is -2.30. The van der Waals surface area contributed by atoms with Gasteiger partial charge in [-0.3, -0.25) is 9.48 Å². The van der Waals surface area contributed by atoms with Gasteiger partial charge in [0.25, 0.3) is 5.91 Å². The van der Waals surface area contributed by atoms with Crippen LogP contribution in [0.2, 0.25) is 0 Å². The molecule has 1 amide bonds. The number of hydrogen-bond donors (Lipinski definition) is 1. The topological polar surface area (TPSA) is 58.4 Å². The van der Waals surface area contributed by atoms with Crippen molar-refractivity contribution in [3.05, 3.63) is 47.3 Å². The van der Waals surface area contributed by atoms with E-state index in [1.54, 1.807) is 12.1 Å². The molecule has 0 spiro atoms. The fraction of sp³-hybridized carbons (Fsp3) is 0.500. The molecule has 0 saturated carbocycles. The molecule has 1 aliphatic rings. The summed E-state index contributed by atoms with van der Waals surface area (Å²) in [6, 6.07) is 9.52. The number of aromatic hydroxyl groups is 1. The van der Waals surface area contributed by atoms with Gasteiger partial charge in [-0.15, -0.1) is 0 Å². The van der Waals surface area contributed by atoms with Gasteiger partial charge >= 0.3 is 0 Å². The maximum atomic E-state index is 13.0. The minimum absolute atomic E-state index is 0.0608.